The molecule has 0 saturated carbocycles. The van der Waals surface area contributed by atoms with Gasteiger partial charge in [-0.3, -0.25) is 14.0 Å². The first-order valence-corrected chi connectivity index (χ1v) is 10.5. The van der Waals surface area contributed by atoms with Crippen LogP contribution in [0, 0.1) is 0 Å². The summed E-state index contributed by atoms with van der Waals surface area (Å²) in [5.74, 6) is 0.183. The fourth-order valence-electron chi connectivity index (χ4n) is 4.03. The van der Waals surface area contributed by atoms with Crippen molar-refractivity contribution in [1.29, 1.82) is 0 Å². The van der Waals surface area contributed by atoms with E-state index in [4.69, 9.17) is 4.42 Å². The first-order valence-electron chi connectivity index (χ1n) is 10.5. The summed E-state index contributed by atoms with van der Waals surface area (Å²) in [6.45, 7) is 4.17. The SMILES string of the molecule is CCCCN(C)C(=O)c1ncn2c(C3CCN(C(=O)c4ccoc4)CC3)ccnc12. The summed E-state index contributed by atoms with van der Waals surface area (Å²) in [6.07, 6.45) is 10.1. The molecule has 0 aromatic carbocycles. The van der Waals surface area contributed by atoms with Gasteiger partial charge in [0.1, 0.15) is 12.6 Å². The molecule has 0 bridgehead atoms. The number of furan rings is 1. The van der Waals surface area contributed by atoms with Gasteiger partial charge in [-0.05, 0) is 31.4 Å². The van der Waals surface area contributed by atoms with Crippen LogP contribution in [-0.4, -0.2) is 62.7 Å². The summed E-state index contributed by atoms with van der Waals surface area (Å²) >= 11 is 0. The van der Waals surface area contributed by atoms with E-state index < -0.39 is 0 Å². The maximum absolute atomic E-state index is 12.8. The Morgan fingerprint density at radius 1 is 1.23 bits per heavy atom. The van der Waals surface area contributed by atoms with Crippen molar-refractivity contribution in [2.75, 3.05) is 26.7 Å². The summed E-state index contributed by atoms with van der Waals surface area (Å²) in [5, 5.41) is 0. The van der Waals surface area contributed by atoms with Crippen molar-refractivity contribution in [1.82, 2.24) is 24.2 Å². The van der Waals surface area contributed by atoms with Gasteiger partial charge in [-0.1, -0.05) is 13.3 Å². The number of aromatic nitrogens is 3. The van der Waals surface area contributed by atoms with E-state index in [1.54, 1.807) is 30.5 Å². The summed E-state index contributed by atoms with van der Waals surface area (Å²) in [4.78, 5) is 37.7. The number of amides is 2. The predicted molar refractivity (Wildman–Crippen MR) is 111 cm³/mol. The van der Waals surface area contributed by atoms with Gasteiger partial charge in [0.25, 0.3) is 11.8 Å². The highest BCUT2D eigenvalue weighted by atomic mass is 16.3. The molecule has 2 amide bonds. The number of imidazole rings is 1. The number of hydrogen-bond donors (Lipinski definition) is 0. The van der Waals surface area contributed by atoms with Gasteiger partial charge >= 0.3 is 0 Å². The van der Waals surface area contributed by atoms with Crippen LogP contribution in [0.2, 0.25) is 0 Å². The molecule has 0 aliphatic carbocycles. The molecule has 3 aromatic rings. The minimum Gasteiger partial charge on any atom is -0.472 e. The number of piperidine rings is 1. The molecule has 4 heterocycles. The van der Waals surface area contributed by atoms with Crippen LogP contribution in [0.15, 0.2) is 41.6 Å². The average molecular weight is 409 g/mol. The van der Waals surface area contributed by atoms with Crippen LogP contribution < -0.4 is 0 Å². The van der Waals surface area contributed by atoms with E-state index in [-0.39, 0.29) is 17.7 Å². The number of fused-ring (bicyclic) bond motifs is 1. The fourth-order valence-corrected chi connectivity index (χ4v) is 4.03. The van der Waals surface area contributed by atoms with Crippen LogP contribution in [0.1, 0.15) is 65.1 Å². The Balaban J connectivity index is 1.50. The van der Waals surface area contributed by atoms with Crippen molar-refractivity contribution in [3.63, 3.8) is 0 Å². The maximum Gasteiger partial charge on any atom is 0.276 e. The molecule has 0 unspecified atom stereocenters. The molecule has 0 spiro atoms. The third-order valence-corrected chi connectivity index (χ3v) is 5.83. The Hall–Kier alpha value is -3.16. The largest absolute Gasteiger partial charge is 0.472 e. The zero-order chi connectivity index (χ0) is 21.1. The zero-order valence-electron chi connectivity index (χ0n) is 17.5. The third kappa shape index (κ3) is 3.81. The van der Waals surface area contributed by atoms with Gasteiger partial charge in [0, 0.05) is 44.5 Å². The molecular weight excluding hydrogens is 382 g/mol. The van der Waals surface area contributed by atoms with Crippen LogP contribution in [0.4, 0.5) is 0 Å². The molecule has 8 nitrogen and oxygen atoms in total. The monoisotopic (exact) mass is 409 g/mol. The van der Waals surface area contributed by atoms with Crippen LogP contribution in [0.3, 0.4) is 0 Å². The van der Waals surface area contributed by atoms with Gasteiger partial charge in [0.15, 0.2) is 11.3 Å². The topological polar surface area (TPSA) is 84.0 Å². The second-order valence-electron chi connectivity index (χ2n) is 7.82. The lowest BCUT2D eigenvalue weighted by atomic mass is 9.93. The zero-order valence-corrected chi connectivity index (χ0v) is 17.5. The molecule has 158 valence electrons. The molecule has 4 rings (SSSR count). The lowest BCUT2D eigenvalue weighted by Gasteiger charge is -2.32. The first kappa shape index (κ1) is 20.1. The Kier molecular flexibility index (Phi) is 5.83. The Labute approximate surface area is 175 Å². The van der Waals surface area contributed by atoms with Crippen molar-refractivity contribution in [3.05, 3.63) is 54.1 Å². The van der Waals surface area contributed by atoms with E-state index >= 15 is 0 Å². The number of carbonyl (C=O) groups excluding carboxylic acids is 2. The molecule has 1 aliphatic rings. The van der Waals surface area contributed by atoms with E-state index in [0.29, 0.717) is 36.5 Å². The highest BCUT2D eigenvalue weighted by molar-refractivity contribution is 5.97. The molecule has 1 aliphatic heterocycles. The second kappa shape index (κ2) is 8.69. The van der Waals surface area contributed by atoms with Gasteiger partial charge in [0.05, 0.1) is 11.8 Å². The predicted octanol–water partition coefficient (Wildman–Crippen LogP) is 3.21. The van der Waals surface area contributed by atoms with Gasteiger partial charge in [-0.15, -0.1) is 0 Å². The van der Waals surface area contributed by atoms with Crippen molar-refractivity contribution in [2.24, 2.45) is 0 Å². The second-order valence-corrected chi connectivity index (χ2v) is 7.82. The molecule has 3 aromatic heterocycles. The van der Waals surface area contributed by atoms with Crippen molar-refractivity contribution < 1.29 is 14.0 Å². The average Bonchev–Trinajstić information content (AvgIpc) is 3.46. The first-order chi connectivity index (χ1) is 14.6. The van der Waals surface area contributed by atoms with E-state index in [2.05, 4.69) is 16.9 Å². The van der Waals surface area contributed by atoms with E-state index in [9.17, 15) is 9.59 Å². The number of rotatable bonds is 6. The van der Waals surface area contributed by atoms with E-state index in [1.807, 2.05) is 15.4 Å². The molecule has 0 N–H and O–H groups in total. The highest BCUT2D eigenvalue weighted by Crippen LogP contribution is 2.29. The maximum atomic E-state index is 12.8. The number of unbranched alkanes of at least 4 members (excludes halogenated alkanes) is 1. The molecule has 1 fully saturated rings. The Morgan fingerprint density at radius 2 is 2.03 bits per heavy atom. The summed E-state index contributed by atoms with van der Waals surface area (Å²) in [6, 6.07) is 3.68. The molecule has 1 saturated heterocycles. The number of likely N-dealkylation sites (tertiary alicyclic amines) is 1. The molecule has 30 heavy (non-hydrogen) atoms. The number of carbonyl (C=O) groups is 2. The van der Waals surface area contributed by atoms with Gasteiger partial charge in [-0.2, -0.15) is 0 Å². The van der Waals surface area contributed by atoms with Crippen LogP contribution >= 0.6 is 0 Å². The summed E-state index contributed by atoms with van der Waals surface area (Å²) in [5.41, 5.74) is 2.66. The quantitative estimate of drug-likeness (QED) is 0.624. The molecule has 0 atom stereocenters. The van der Waals surface area contributed by atoms with Gasteiger partial charge < -0.3 is 14.2 Å². The minimum absolute atomic E-state index is 0.00713. The smallest absolute Gasteiger partial charge is 0.276 e. The minimum atomic E-state index is -0.101. The lowest BCUT2D eigenvalue weighted by molar-refractivity contribution is 0.0710. The fraction of sp³-hybridized carbons (Fsp3) is 0.455. The Morgan fingerprint density at radius 3 is 2.73 bits per heavy atom. The van der Waals surface area contributed by atoms with E-state index in [0.717, 1.165) is 31.4 Å². The lowest BCUT2D eigenvalue weighted by Crippen LogP contribution is -2.38. The van der Waals surface area contributed by atoms with Crippen LogP contribution in [0.25, 0.3) is 5.65 Å². The van der Waals surface area contributed by atoms with Crippen molar-refractivity contribution >= 4 is 17.5 Å². The van der Waals surface area contributed by atoms with Crippen LogP contribution in [-0.2, 0) is 0 Å². The van der Waals surface area contributed by atoms with Crippen molar-refractivity contribution in [3.8, 4) is 0 Å². The summed E-state index contributed by atoms with van der Waals surface area (Å²) in [7, 11) is 1.81. The highest BCUT2D eigenvalue weighted by Gasteiger charge is 2.27. The Bertz CT molecular complexity index is 1020. The molecule has 8 heteroatoms. The molecule has 0 radical (unpaired) electrons. The van der Waals surface area contributed by atoms with E-state index in [1.165, 1.54) is 12.5 Å². The van der Waals surface area contributed by atoms with Crippen molar-refractivity contribution in [2.45, 2.75) is 38.5 Å². The molecular formula is C22H27N5O3. The van der Waals surface area contributed by atoms with Gasteiger partial charge in [-0.25, -0.2) is 9.97 Å². The van der Waals surface area contributed by atoms with Gasteiger partial charge in [0.2, 0.25) is 0 Å². The third-order valence-electron chi connectivity index (χ3n) is 5.83. The standard InChI is InChI=1S/C22H27N5O3/c1-3-4-10-25(2)22(29)19-20-23-9-5-18(27(20)15-24-19)16-6-11-26(12-7-16)21(28)17-8-13-30-14-17/h5,8-9,13-16H,3-4,6-7,10-12H2,1-2H3. The normalized spacial score (nSPS) is 14.9. The number of hydrogen-bond acceptors (Lipinski definition) is 5. The summed E-state index contributed by atoms with van der Waals surface area (Å²) < 4.78 is 6.96. The van der Waals surface area contributed by atoms with Crippen LogP contribution in [0.5, 0.6) is 0 Å². The number of nitrogens with zero attached hydrogens (tertiary/aromatic N) is 5.